The minimum Gasteiger partial charge on any atom is -0.462 e. The molecule has 2 heteroatoms. The molecule has 116 valence electrons. The van der Waals surface area contributed by atoms with Crippen molar-refractivity contribution in [2.75, 3.05) is 0 Å². The topological polar surface area (TPSA) is 26.3 Å². The van der Waals surface area contributed by atoms with E-state index in [9.17, 15) is 4.79 Å². The van der Waals surface area contributed by atoms with Crippen molar-refractivity contribution >= 4 is 5.97 Å². The maximum atomic E-state index is 11.5. The van der Waals surface area contributed by atoms with E-state index < -0.39 is 0 Å². The van der Waals surface area contributed by atoms with Crippen LogP contribution in [0.3, 0.4) is 0 Å². The average Bonchev–Trinajstić information content (AvgIpc) is 2.48. The molecule has 0 saturated heterocycles. The summed E-state index contributed by atoms with van der Waals surface area (Å²) in [6.07, 6.45) is 14.1. The lowest BCUT2D eigenvalue weighted by atomic mass is 9.70. The second kappa shape index (κ2) is 8.05. The summed E-state index contributed by atoms with van der Waals surface area (Å²) in [5, 5.41) is 0. The Kier molecular flexibility index (Phi) is 6.38. The van der Waals surface area contributed by atoms with Crippen molar-refractivity contribution in [2.24, 2.45) is 17.8 Å². The van der Waals surface area contributed by atoms with Crippen LogP contribution in [0.25, 0.3) is 0 Å². The fourth-order valence-electron chi connectivity index (χ4n) is 4.34. The Labute approximate surface area is 124 Å². The number of carbonyl (C=O) groups is 1. The van der Waals surface area contributed by atoms with Gasteiger partial charge in [-0.1, -0.05) is 39.5 Å². The van der Waals surface area contributed by atoms with E-state index in [0.29, 0.717) is 6.42 Å². The van der Waals surface area contributed by atoms with Gasteiger partial charge in [-0.2, -0.15) is 0 Å². The molecule has 2 fully saturated rings. The quantitative estimate of drug-likeness (QED) is 0.654. The van der Waals surface area contributed by atoms with Crippen molar-refractivity contribution in [1.82, 2.24) is 0 Å². The highest BCUT2D eigenvalue weighted by molar-refractivity contribution is 5.69. The van der Waals surface area contributed by atoms with Gasteiger partial charge in [0.05, 0.1) is 0 Å². The summed E-state index contributed by atoms with van der Waals surface area (Å²) in [5.74, 6) is 2.71. The normalized spacial score (nSPS) is 34.7. The molecule has 20 heavy (non-hydrogen) atoms. The standard InChI is InChI=1S/C18H32O2/c1-3-6-14-9-11-15(12-10-14)16-7-5-8-17(13-16)20-18(19)4-2/h14-17H,3-13H2,1-2H3/t14?,15?,16-,17-/m1/s1. The van der Waals surface area contributed by atoms with Gasteiger partial charge < -0.3 is 4.74 Å². The molecular formula is C18H32O2. The zero-order chi connectivity index (χ0) is 14.4. The monoisotopic (exact) mass is 280 g/mol. The third kappa shape index (κ3) is 4.49. The summed E-state index contributed by atoms with van der Waals surface area (Å²) in [4.78, 5) is 11.5. The maximum Gasteiger partial charge on any atom is 0.305 e. The molecule has 0 aromatic heterocycles. The van der Waals surface area contributed by atoms with Crippen LogP contribution in [-0.2, 0) is 9.53 Å². The Morgan fingerprint density at radius 1 is 1.00 bits per heavy atom. The van der Waals surface area contributed by atoms with Crippen LogP contribution in [0, 0.1) is 17.8 Å². The summed E-state index contributed by atoms with van der Waals surface area (Å²) < 4.78 is 5.58. The van der Waals surface area contributed by atoms with Gasteiger partial charge in [-0.25, -0.2) is 0 Å². The van der Waals surface area contributed by atoms with Gasteiger partial charge in [-0.05, 0) is 56.3 Å². The lowest BCUT2D eigenvalue weighted by Crippen LogP contribution is -2.31. The van der Waals surface area contributed by atoms with Crippen molar-refractivity contribution in [3.63, 3.8) is 0 Å². The second-order valence-corrected chi connectivity index (χ2v) is 6.96. The number of rotatable bonds is 5. The summed E-state index contributed by atoms with van der Waals surface area (Å²) in [5.41, 5.74) is 0. The third-order valence-corrected chi connectivity index (χ3v) is 5.51. The molecule has 0 bridgehead atoms. The van der Waals surface area contributed by atoms with E-state index in [1.54, 1.807) is 0 Å². The number of hydrogen-bond donors (Lipinski definition) is 0. The molecule has 0 aromatic rings. The Bertz CT molecular complexity index is 292. The molecule has 0 amide bonds. The predicted octanol–water partition coefficient (Wildman–Crippen LogP) is 5.10. The summed E-state index contributed by atoms with van der Waals surface area (Å²) in [6.45, 7) is 4.19. The smallest absolute Gasteiger partial charge is 0.305 e. The van der Waals surface area contributed by atoms with E-state index >= 15 is 0 Å². The largest absolute Gasteiger partial charge is 0.462 e. The molecule has 0 N–H and O–H groups in total. The Morgan fingerprint density at radius 3 is 2.40 bits per heavy atom. The molecule has 0 aromatic carbocycles. The molecule has 2 rings (SSSR count). The zero-order valence-electron chi connectivity index (χ0n) is 13.4. The van der Waals surface area contributed by atoms with E-state index in [2.05, 4.69) is 6.92 Å². The summed E-state index contributed by atoms with van der Waals surface area (Å²) in [7, 11) is 0. The maximum absolute atomic E-state index is 11.5. The SMILES string of the molecule is CCCC1CCC([C@@H]2CCC[C@@H](OC(=O)CC)C2)CC1. The molecule has 0 aliphatic heterocycles. The van der Waals surface area contributed by atoms with Gasteiger partial charge in [-0.15, -0.1) is 0 Å². The molecule has 2 aliphatic rings. The van der Waals surface area contributed by atoms with Crippen LogP contribution in [0.15, 0.2) is 0 Å². The van der Waals surface area contributed by atoms with Gasteiger partial charge in [0, 0.05) is 6.42 Å². The average molecular weight is 280 g/mol. The first-order valence-corrected chi connectivity index (χ1v) is 8.92. The van der Waals surface area contributed by atoms with Crippen LogP contribution >= 0.6 is 0 Å². The van der Waals surface area contributed by atoms with Gasteiger partial charge in [0.2, 0.25) is 0 Å². The van der Waals surface area contributed by atoms with Crippen LogP contribution < -0.4 is 0 Å². The highest BCUT2D eigenvalue weighted by Gasteiger charge is 2.32. The molecule has 0 unspecified atom stereocenters. The van der Waals surface area contributed by atoms with Crippen LogP contribution in [0.5, 0.6) is 0 Å². The van der Waals surface area contributed by atoms with Crippen LogP contribution in [0.2, 0.25) is 0 Å². The fourth-order valence-corrected chi connectivity index (χ4v) is 4.34. The fraction of sp³-hybridized carbons (Fsp3) is 0.944. The van der Waals surface area contributed by atoms with Gasteiger partial charge in [0.15, 0.2) is 0 Å². The molecule has 2 aliphatic carbocycles. The number of esters is 1. The second-order valence-electron chi connectivity index (χ2n) is 6.96. The molecule has 2 nitrogen and oxygen atoms in total. The Balaban J connectivity index is 1.76. The van der Waals surface area contributed by atoms with E-state index in [4.69, 9.17) is 4.74 Å². The van der Waals surface area contributed by atoms with Gasteiger partial charge in [0.1, 0.15) is 6.10 Å². The van der Waals surface area contributed by atoms with Crippen molar-refractivity contribution in [1.29, 1.82) is 0 Å². The van der Waals surface area contributed by atoms with Crippen molar-refractivity contribution in [3.05, 3.63) is 0 Å². The number of carbonyl (C=O) groups excluding carboxylic acids is 1. The first-order chi connectivity index (χ1) is 9.72. The zero-order valence-corrected chi connectivity index (χ0v) is 13.4. The lowest BCUT2D eigenvalue weighted by Gasteiger charge is -2.38. The first kappa shape index (κ1) is 15.9. The summed E-state index contributed by atoms with van der Waals surface area (Å²) in [6, 6.07) is 0. The first-order valence-electron chi connectivity index (χ1n) is 8.92. The highest BCUT2D eigenvalue weighted by atomic mass is 16.5. The minimum absolute atomic E-state index is 0.0118. The molecule has 0 heterocycles. The van der Waals surface area contributed by atoms with Crippen LogP contribution in [0.1, 0.15) is 84.5 Å². The van der Waals surface area contributed by atoms with Crippen molar-refractivity contribution in [3.8, 4) is 0 Å². The van der Waals surface area contributed by atoms with Crippen molar-refractivity contribution < 1.29 is 9.53 Å². The predicted molar refractivity (Wildman–Crippen MR) is 82.5 cm³/mol. The highest BCUT2D eigenvalue weighted by Crippen LogP contribution is 2.41. The Hall–Kier alpha value is -0.530. The number of ether oxygens (including phenoxy) is 1. The molecule has 2 saturated carbocycles. The van der Waals surface area contributed by atoms with Crippen molar-refractivity contribution in [2.45, 2.75) is 90.6 Å². The molecule has 0 spiro atoms. The Morgan fingerprint density at radius 2 is 1.75 bits per heavy atom. The van der Waals surface area contributed by atoms with E-state index in [1.807, 2.05) is 6.92 Å². The van der Waals surface area contributed by atoms with Crippen LogP contribution in [-0.4, -0.2) is 12.1 Å². The van der Waals surface area contributed by atoms with Gasteiger partial charge in [-0.3, -0.25) is 4.79 Å². The van der Waals surface area contributed by atoms with E-state index in [-0.39, 0.29) is 12.1 Å². The van der Waals surface area contributed by atoms with Gasteiger partial charge in [0.25, 0.3) is 0 Å². The van der Waals surface area contributed by atoms with Crippen LogP contribution in [0.4, 0.5) is 0 Å². The van der Waals surface area contributed by atoms with Gasteiger partial charge >= 0.3 is 5.97 Å². The molecule has 0 radical (unpaired) electrons. The summed E-state index contributed by atoms with van der Waals surface area (Å²) >= 11 is 0. The third-order valence-electron chi connectivity index (χ3n) is 5.51. The van der Waals surface area contributed by atoms with E-state index in [0.717, 1.165) is 30.6 Å². The lowest BCUT2D eigenvalue weighted by molar-refractivity contribution is -0.151. The number of hydrogen-bond acceptors (Lipinski definition) is 2. The van der Waals surface area contributed by atoms with E-state index in [1.165, 1.54) is 51.4 Å². The molecular weight excluding hydrogens is 248 g/mol. The molecule has 2 atom stereocenters. The minimum atomic E-state index is -0.0118.